The average Bonchev–Trinajstić information content (AvgIpc) is 3.17. The molecule has 0 aliphatic carbocycles. The van der Waals surface area contributed by atoms with Gasteiger partial charge in [0.15, 0.2) is 0 Å². The fraction of sp³-hybridized carbons (Fsp3) is 0.391. The van der Waals surface area contributed by atoms with Crippen LogP contribution in [0.2, 0.25) is 0 Å². The molecule has 1 heterocycles. The van der Waals surface area contributed by atoms with E-state index in [1.54, 1.807) is 24.8 Å². The number of hydrogen-bond acceptors (Lipinski definition) is 5. The maximum atomic E-state index is 13.0. The highest BCUT2D eigenvalue weighted by Crippen LogP contribution is 2.29. The summed E-state index contributed by atoms with van der Waals surface area (Å²) in [6.45, 7) is 4.88. The summed E-state index contributed by atoms with van der Waals surface area (Å²) in [6.07, 6.45) is 3.29. The van der Waals surface area contributed by atoms with E-state index in [2.05, 4.69) is 10.0 Å². The Morgan fingerprint density at radius 2 is 1.88 bits per heavy atom. The second kappa shape index (κ2) is 10.5. The number of carbonyl (C=O) groups excluding carboxylic acids is 2. The first-order chi connectivity index (χ1) is 15.2. The van der Waals surface area contributed by atoms with Gasteiger partial charge in [-0.3, -0.25) is 9.59 Å². The SMILES string of the molecule is CSc1ccc(S(=O)(=O)NCc2ccccc2CN2CCCC2=O)cc1NC(=O)C(C)C. The minimum atomic E-state index is -3.81. The summed E-state index contributed by atoms with van der Waals surface area (Å²) in [5.41, 5.74) is 2.23. The van der Waals surface area contributed by atoms with Gasteiger partial charge in [0.05, 0.1) is 10.6 Å². The molecule has 1 aliphatic rings. The molecule has 0 atom stereocenters. The number of amides is 2. The van der Waals surface area contributed by atoms with Crippen LogP contribution in [0.4, 0.5) is 5.69 Å². The second-order valence-corrected chi connectivity index (χ2v) is 10.6. The van der Waals surface area contributed by atoms with Gasteiger partial charge in [-0.1, -0.05) is 38.1 Å². The third kappa shape index (κ3) is 5.90. The third-order valence-corrected chi connectivity index (χ3v) is 7.56. The molecule has 7 nitrogen and oxygen atoms in total. The van der Waals surface area contributed by atoms with Crippen LogP contribution in [0.5, 0.6) is 0 Å². The quantitative estimate of drug-likeness (QED) is 0.540. The van der Waals surface area contributed by atoms with Crippen LogP contribution >= 0.6 is 11.8 Å². The van der Waals surface area contributed by atoms with Crippen LogP contribution < -0.4 is 10.0 Å². The van der Waals surface area contributed by atoms with Crippen LogP contribution in [0.3, 0.4) is 0 Å². The number of likely N-dealkylation sites (tertiary alicyclic amines) is 1. The van der Waals surface area contributed by atoms with Crippen molar-refractivity contribution >= 4 is 39.3 Å². The molecule has 0 unspecified atom stereocenters. The maximum absolute atomic E-state index is 13.0. The molecule has 0 saturated carbocycles. The smallest absolute Gasteiger partial charge is 0.240 e. The van der Waals surface area contributed by atoms with Gasteiger partial charge in [-0.05, 0) is 42.0 Å². The summed E-state index contributed by atoms with van der Waals surface area (Å²) < 4.78 is 28.6. The molecule has 1 saturated heterocycles. The van der Waals surface area contributed by atoms with E-state index >= 15 is 0 Å². The molecule has 3 rings (SSSR count). The number of thioether (sulfide) groups is 1. The normalized spacial score (nSPS) is 14.2. The van der Waals surface area contributed by atoms with Gasteiger partial charge in [-0.2, -0.15) is 0 Å². The first-order valence-electron chi connectivity index (χ1n) is 10.5. The number of sulfonamides is 1. The number of hydrogen-bond donors (Lipinski definition) is 2. The summed E-state index contributed by atoms with van der Waals surface area (Å²) in [6, 6.07) is 12.2. The van der Waals surface area contributed by atoms with Crippen LogP contribution in [-0.2, 0) is 32.7 Å². The molecular weight excluding hydrogens is 446 g/mol. The number of anilines is 1. The molecule has 1 fully saturated rings. The molecule has 172 valence electrons. The van der Waals surface area contributed by atoms with Crippen LogP contribution in [0.15, 0.2) is 52.3 Å². The highest BCUT2D eigenvalue weighted by molar-refractivity contribution is 7.98. The van der Waals surface area contributed by atoms with Crippen LogP contribution in [0, 0.1) is 5.92 Å². The van der Waals surface area contributed by atoms with Crippen LogP contribution in [-0.4, -0.2) is 37.9 Å². The van der Waals surface area contributed by atoms with Crippen molar-refractivity contribution in [2.24, 2.45) is 5.92 Å². The van der Waals surface area contributed by atoms with Gasteiger partial charge in [0.2, 0.25) is 21.8 Å². The zero-order valence-corrected chi connectivity index (χ0v) is 20.2. The molecule has 2 aromatic rings. The standard InChI is InChI=1S/C23H29N3O4S2/c1-16(2)23(28)25-20-13-19(10-11-21(20)31-3)32(29,30)24-14-17-7-4-5-8-18(17)15-26-12-6-9-22(26)27/h4-5,7-8,10-11,13,16,24H,6,9,12,14-15H2,1-3H3,(H,25,28). The second-order valence-electron chi connectivity index (χ2n) is 8.02. The van der Waals surface area contributed by atoms with Gasteiger partial charge in [0.1, 0.15) is 0 Å². The largest absolute Gasteiger partial charge is 0.338 e. The highest BCUT2D eigenvalue weighted by atomic mass is 32.2. The Kier molecular flexibility index (Phi) is 7.97. The Balaban J connectivity index is 1.77. The van der Waals surface area contributed by atoms with Crippen molar-refractivity contribution in [3.63, 3.8) is 0 Å². The molecule has 0 radical (unpaired) electrons. The molecule has 32 heavy (non-hydrogen) atoms. The number of carbonyl (C=O) groups is 2. The summed E-state index contributed by atoms with van der Waals surface area (Å²) in [5, 5.41) is 2.81. The van der Waals surface area contributed by atoms with Crippen molar-refractivity contribution in [1.29, 1.82) is 0 Å². The van der Waals surface area contributed by atoms with Gasteiger partial charge >= 0.3 is 0 Å². The van der Waals surface area contributed by atoms with Crippen molar-refractivity contribution in [3.05, 3.63) is 53.6 Å². The summed E-state index contributed by atoms with van der Waals surface area (Å²) in [4.78, 5) is 26.8. The van der Waals surface area contributed by atoms with E-state index in [1.165, 1.54) is 23.9 Å². The summed E-state index contributed by atoms with van der Waals surface area (Å²) >= 11 is 1.43. The number of nitrogens with zero attached hydrogens (tertiary/aromatic N) is 1. The molecule has 0 aromatic heterocycles. The van der Waals surface area contributed by atoms with Gasteiger partial charge in [-0.15, -0.1) is 11.8 Å². The first kappa shape index (κ1) is 24.3. The Hall–Kier alpha value is -2.36. The molecule has 1 aliphatic heterocycles. The van der Waals surface area contributed by atoms with Crippen molar-refractivity contribution in [2.45, 2.75) is 49.6 Å². The van der Waals surface area contributed by atoms with E-state index in [0.717, 1.165) is 29.0 Å². The topological polar surface area (TPSA) is 95.6 Å². The number of rotatable bonds is 9. The van der Waals surface area contributed by atoms with Gasteiger partial charge in [0, 0.05) is 36.9 Å². The Labute approximate surface area is 194 Å². The van der Waals surface area contributed by atoms with Crippen LogP contribution in [0.1, 0.15) is 37.8 Å². The Morgan fingerprint density at radius 3 is 2.50 bits per heavy atom. The fourth-order valence-electron chi connectivity index (χ4n) is 3.45. The van der Waals surface area contributed by atoms with E-state index in [4.69, 9.17) is 0 Å². The molecule has 2 aromatic carbocycles. The van der Waals surface area contributed by atoms with Gasteiger partial charge in [0.25, 0.3) is 0 Å². The third-order valence-electron chi connectivity index (χ3n) is 5.37. The van der Waals surface area contributed by atoms with E-state index in [-0.39, 0.29) is 29.2 Å². The van der Waals surface area contributed by atoms with E-state index in [1.807, 2.05) is 30.5 Å². The summed E-state index contributed by atoms with van der Waals surface area (Å²) in [7, 11) is -3.81. The van der Waals surface area contributed by atoms with Crippen LogP contribution in [0.25, 0.3) is 0 Å². The van der Waals surface area contributed by atoms with E-state index < -0.39 is 10.0 Å². The Morgan fingerprint density at radius 1 is 1.16 bits per heavy atom. The molecule has 0 bridgehead atoms. The Bertz CT molecular complexity index is 1100. The highest BCUT2D eigenvalue weighted by Gasteiger charge is 2.22. The summed E-state index contributed by atoms with van der Waals surface area (Å²) in [5.74, 6) is -0.263. The fourth-order valence-corrected chi connectivity index (χ4v) is 5.01. The van der Waals surface area contributed by atoms with Crippen molar-refractivity contribution in [1.82, 2.24) is 9.62 Å². The maximum Gasteiger partial charge on any atom is 0.240 e. The van der Waals surface area contributed by atoms with E-state index in [0.29, 0.717) is 18.7 Å². The average molecular weight is 476 g/mol. The number of nitrogens with one attached hydrogen (secondary N) is 2. The molecule has 0 spiro atoms. The number of benzene rings is 2. The minimum Gasteiger partial charge on any atom is -0.338 e. The first-order valence-corrected chi connectivity index (χ1v) is 13.2. The monoisotopic (exact) mass is 475 g/mol. The van der Waals surface area contributed by atoms with Gasteiger partial charge in [-0.25, -0.2) is 13.1 Å². The zero-order chi connectivity index (χ0) is 23.3. The van der Waals surface area contributed by atoms with Crippen molar-refractivity contribution in [2.75, 3.05) is 18.1 Å². The molecule has 2 amide bonds. The predicted molar refractivity (Wildman–Crippen MR) is 127 cm³/mol. The predicted octanol–water partition coefficient (Wildman–Crippen LogP) is 3.60. The minimum absolute atomic E-state index is 0.0848. The molecule has 2 N–H and O–H groups in total. The van der Waals surface area contributed by atoms with E-state index in [9.17, 15) is 18.0 Å². The molecular formula is C23H29N3O4S2. The van der Waals surface area contributed by atoms with Crippen molar-refractivity contribution < 1.29 is 18.0 Å². The zero-order valence-electron chi connectivity index (χ0n) is 18.6. The molecule has 9 heteroatoms. The lowest BCUT2D eigenvalue weighted by atomic mass is 10.1. The lowest BCUT2D eigenvalue weighted by Gasteiger charge is -2.18. The van der Waals surface area contributed by atoms with Gasteiger partial charge < -0.3 is 10.2 Å². The lowest BCUT2D eigenvalue weighted by Crippen LogP contribution is -2.27. The van der Waals surface area contributed by atoms with Crippen molar-refractivity contribution in [3.8, 4) is 0 Å². The lowest BCUT2D eigenvalue weighted by molar-refractivity contribution is -0.128.